The highest BCUT2D eigenvalue weighted by molar-refractivity contribution is 6.31. The number of hydrogen-bond donors (Lipinski definition) is 0. The molecule has 0 fully saturated rings. The van der Waals surface area contributed by atoms with E-state index in [1.807, 2.05) is 47.2 Å². The van der Waals surface area contributed by atoms with Crippen LogP contribution in [0.4, 0.5) is 0 Å². The van der Waals surface area contributed by atoms with E-state index in [-0.39, 0.29) is 12.4 Å². The van der Waals surface area contributed by atoms with E-state index in [4.69, 9.17) is 16.3 Å². The van der Waals surface area contributed by atoms with Gasteiger partial charge in [0.15, 0.2) is 5.78 Å². The number of Topliss-reactive ketones (excluding diaryl/α,β-unsaturated/α-hetero) is 1. The lowest BCUT2D eigenvalue weighted by Gasteiger charge is -2.08. The number of nitrogens with zero attached hydrogens (tertiary/aromatic N) is 1. The van der Waals surface area contributed by atoms with Gasteiger partial charge < -0.3 is 9.30 Å². The molecule has 154 valence electrons. The number of hydrogen-bond acceptors (Lipinski definition) is 2. The highest BCUT2D eigenvalue weighted by Gasteiger charge is 2.08. The van der Waals surface area contributed by atoms with Crippen LogP contribution in [0, 0.1) is 0 Å². The van der Waals surface area contributed by atoms with E-state index >= 15 is 0 Å². The van der Waals surface area contributed by atoms with Gasteiger partial charge in [-0.1, -0.05) is 62.8 Å². The van der Waals surface area contributed by atoms with Gasteiger partial charge in [-0.05, 0) is 54.8 Å². The van der Waals surface area contributed by atoms with Crippen LogP contribution in [0.2, 0.25) is 5.02 Å². The molecule has 0 aliphatic heterocycles. The van der Waals surface area contributed by atoms with E-state index in [2.05, 4.69) is 19.1 Å². The summed E-state index contributed by atoms with van der Waals surface area (Å²) in [6.07, 6.45) is 10.9. The number of rotatable bonds is 12. The third-order valence-corrected chi connectivity index (χ3v) is 5.46. The Labute approximate surface area is 178 Å². The van der Waals surface area contributed by atoms with E-state index in [0.717, 1.165) is 23.1 Å². The van der Waals surface area contributed by atoms with Crippen molar-refractivity contribution in [1.29, 1.82) is 0 Å². The number of ether oxygens (including phenoxy) is 1. The molecule has 0 saturated carbocycles. The molecule has 0 bridgehead atoms. The number of fused-ring (bicyclic) bond motifs is 1. The van der Waals surface area contributed by atoms with Crippen molar-refractivity contribution in [3.8, 4) is 5.75 Å². The zero-order valence-electron chi connectivity index (χ0n) is 17.2. The van der Waals surface area contributed by atoms with Gasteiger partial charge in [0.25, 0.3) is 0 Å². The monoisotopic (exact) mass is 411 g/mol. The zero-order chi connectivity index (χ0) is 20.5. The van der Waals surface area contributed by atoms with Gasteiger partial charge in [0.2, 0.25) is 0 Å². The van der Waals surface area contributed by atoms with Crippen LogP contribution < -0.4 is 4.74 Å². The minimum Gasteiger partial charge on any atom is -0.486 e. The maximum absolute atomic E-state index is 12.3. The predicted molar refractivity (Wildman–Crippen MR) is 121 cm³/mol. The fourth-order valence-corrected chi connectivity index (χ4v) is 3.75. The fourth-order valence-electron chi connectivity index (χ4n) is 3.57. The number of unbranched alkanes of at least 4 members (excludes halogenated alkanes) is 5. The Morgan fingerprint density at radius 1 is 0.966 bits per heavy atom. The minimum atomic E-state index is 0.0357. The van der Waals surface area contributed by atoms with Gasteiger partial charge >= 0.3 is 0 Å². The second kappa shape index (κ2) is 11.1. The first kappa shape index (κ1) is 21.4. The van der Waals surface area contributed by atoms with Crippen LogP contribution >= 0.6 is 11.6 Å². The molecule has 0 radical (unpaired) electrons. The first-order valence-corrected chi connectivity index (χ1v) is 11.0. The summed E-state index contributed by atoms with van der Waals surface area (Å²) in [7, 11) is 0. The fraction of sp³-hybridized carbons (Fsp3) is 0.400. The van der Waals surface area contributed by atoms with Crippen LogP contribution in [0.15, 0.2) is 54.7 Å². The SMILES string of the molecule is CCCCCCCCc1ccc(OCC(=O)Cn2ccc3cc(Cl)ccc32)cc1. The van der Waals surface area contributed by atoms with Crippen LogP contribution in [-0.2, 0) is 17.8 Å². The van der Waals surface area contributed by atoms with Gasteiger partial charge in [-0.2, -0.15) is 0 Å². The highest BCUT2D eigenvalue weighted by Crippen LogP contribution is 2.20. The van der Waals surface area contributed by atoms with Crippen LogP contribution in [0.5, 0.6) is 5.75 Å². The summed E-state index contributed by atoms with van der Waals surface area (Å²) in [5, 5.41) is 1.73. The first-order valence-electron chi connectivity index (χ1n) is 10.6. The molecular formula is C25H30ClNO2. The summed E-state index contributed by atoms with van der Waals surface area (Å²) >= 11 is 6.02. The maximum Gasteiger partial charge on any atom is 0.189 e. The highest BCUT2D eigenvalue weighted by atomic mass is 35.5. The van der Waals surface area contributed by atoms with Crippen LogP contribution in [0.1, 0.15) is 51.0 Å². The van der Waals surface area contributed by atoms with Gasteiger partial charge in [-0.3, -0.25) is 4.79 Å². The van der Waals surface area contributed by atoms with E-state index in [1.165, 1.54) is 44.1 Å². The number of benzene rings is 2. The quantitative estimate of drug-likeness (QED) is 0.305. The molecule has 0 unspecified atom stereocenters. The molecule has 3 nitrogen and oxygen atoms in total. The Bertz CT molecular complexity index is 914. The predicted octanol–water partition coefficient (Wildman–Crippen LogP) is 6.85. The van der Waals surface area contributed by atoms with Gasteiger partial charge in [0.1, 0.15) is 12.4 Å². The largest absolute Gasteiger partial charge is 0.486 e. The lowest BCUT2D eigenvalue weighted by atomic mass is 10.0. The Morgan fingerprint density at radius 3 is 2.52 bits per heavy atom. The van der Waals surface area contributed by atoms with Crippen molar-refractivity contribution in [2.45, 2.75) is 58.4 Å². The molecule has 1 heterocycles. The van der Waals surface area contributed by atoms with Crippen LogP contribution in [-0.4, -0.2) is 17.0 Å². The molecule has 0 atom stereocenters. The molecule has 3 aromatic rings. The molecule has 29 heavy (non-hydrogen) atoms. The van der Waals surface area contributed by atoms with Gasteiger partial charge in [0, 0.05) is 22.1 Å². The van der Waals surface area contributed by atoms with Crippen molar-refractivity contribution in [2.75, 3.05) is 6.61 Å². The van der Waals surface area contributed by atoms with Gasteiger partial charge in [0.05, 0.1) is 6.54 Å². The Balaban J connectivity index is 1.41. The molecule has 0 aliphatic carbocycles. The Kier molecular flexibility index (Phi) is 8.18. The number of carbonyl (C=O) groups excluding carboxylic acids is 1. The van der Waals surface area contributed by atoms with E-state index < -0.39 is 0 Å². The maximum atomic E-state index is 12.3. The smallest absolute Gasteiger partial charge is 0.189 e. The molecular weight excluding hydrogens is 382 g/mol. The number of aryl methyl sites for hydroxylation is 1. The van der Waals surface area contributed by atoms with E-state index in [9.17, 15) is 4.79 Å². The van der Waals surface area contributed by atoms with Crippen molar-refractivity contribution >= 4 is 28.3 Å². The van der Waals surface area contributed by atoms with Crippen molar-refractivity contribution in [3.63, 3.8) is 0 Å². The molecule has 3 rings (SSSR count). The van der Waals surface area contributed by atoms with Gasteiger partial charge in [-0.15, -0.1) is 0 Å². The molecule has 0 saturated heterocycles. The third-order valence-electron chi connectivity index (χ3n) is 5.22. The molecule has 1 aromatic heterocycles. The summed E-state index contributed by atoms with van der Waals surface area (Å²) in [5.41, 5.74) is 2.33. The van der Waals surface area contributed by atoms with Gasteiger partial charge in [-0.25, -0.2) is 0 Å². The summed E-state index contributed by atoms with van der Waals surface area (Å²) in [6, 6.07) is 15.8. The van der Waals surface area contributed by atoms with Crippen LogP contribution in [0.3, 0.4) is 0 Å². The topological polar surface area (TPSA) is 31.2 Å². The third kappa shape index (κ3) is 6.64. The average molecular weight is 412 g/mol. The number of carbonyl (C=O) groups is 1. The van der Waals surface area contributed by atoms with Crippen molar-refractivity contribution in [3.05, 3.63) is 65.3 Å². The summed E-state index contributed by atoms with van der Waals surface area (Å²) < 4.78 is 7.62. The molecule has 0 aliphatic rings. The summed E-state index contributed by atoms with van der Waals surface area (Å²) in [5.74, 6) is 0.780. The summed E-state index contributed by atoms with van der Waals surface area (Å²) in [6.45, 7) is 2.61. The molecule has 0 N–H and O–H groups in total. The first-order chi connectivity index (χ1) is 14.2. The number of ketones is 1. The van der Waals surface area contributed by atoms with E-state index in [0.29, 0.717) is 11.6 Å². The lowest BCUT2D eigenvalue weighted by Crippen LogP contribution is -2.17. The van der Waals surface area contributed by atoms with E-state index in [1.54, 1.807) is 0 Å². The van der Waals surface area contributed by atoms with Crippen LogP contribution in [0.25, 0.3) is 10.9 Å². The second-order valence-electron chi connectivity index (χ2n) is 7.64. The second-order valence-corrected chi connectivity index (χ2v) is 8.07. The molecule has 0 spiro atoms. The molecule has 4 heteroatoms. The lowest BCUT2D eigenvalue weighted by molar-refractivity contribution is -0.121. The Morgan fingerprint density at radius 2 is 1.72 bits per heavy atom. The molecule has 0 amide bonds. The zero-order valence-corrected chi connectivity index (χ0v) is 18.0. The number of aromatic nitrogens is 1. The summed E-state index contributed by atoms with van der Waals surface area (Å²) in [4.78, 5) is 12.3. The van der Waals surface area contributed by atoms with Crippen molar-refractivity contribution in [2.24, 2.45) is 0 Å². The molecule has 2 aromatic carbocycles. The normalized spacial score (nSPS) is 11.1. The van der Waals surface area contributed by atoms with Crippen molar-refractivity contribution < 1.29 is 9.53 Å². The standard InChI is InChI=1S/C25H30ClNO2/c1-2-3-4-5-6-7-8-20-9-12-24(13-10-20)29-19-23(28)18-27-16-15-21-17-22(26)11-14-25(21)27/h9-17H,2-8,18-19H2,1H3. The van der Waals surface area contributed by atoms with Crippen molar-refractivity contribution in [1.82, 2.24) is 4.57 Å². The Hall–Kier alpha value is -2.26. The average Bonchev–Trinajstić information content (AvgIpc) is 3.11. The number of halogens is 1. The minimum absolute atomic E-state index is 0.0357.